The second kappa shape index (κ2) is 25.0. The van der Waals surface area contributed by atoms with Crippen molar-refractivity contribution in [2.45, 2.75) is 53.0 Å². The summed E-state index contributed by atoms with van der Waals surface area (Å²) in [7, 11) is -0.530. The largest absolute Gasteiger partial charge is 0.550 e. The molecule has 0 spiro atoms. The number of halogens is 2. The van der Waals surface area contributed by atoms with Crippen LogP contribution in [-0.4, -0.2) is 34.1 Å². The van der Waals surface area contributed by atoms with Gasteiger partial charge in [-0.2, -0.15) is 0 Å². The second-order valence-electron chi connectivity index (χ2n) is 20.6. The minimum absolute atomic E-state index is 0.0146. The van der Waals surface area contributed by atoms with Crippen molar-refractivity contribution in [1.82, 2.24) is 0 Å². The van der Waals surface area contributed by atoms with Crippen LogP contribution in [0.4, 0.5) is 8.78 Å². The summed E-state index contributed by atoms with van der Waals surface area (Å²) in [6, 6.07) is 85.6. The zero-order valence-corrected chi connectivity index (χ0v) is 46.6. The Morgan fingerprint density at radius 2 is 0.476 bits per heavy atom. The first-order valence-corrected chi connectivity index (χ1v) is 29.8. The number of carbonyl (C=O) groups is 4. The fraction of sp³-hybridized carbons (Fsp3) is 0.111. The van der Waals surface area contributed by atoms with Crippen molar-refractivity contribution in [2.24, 2.45) is 23.7 Å². The molecule has 4 atom stereocenters. The normalized spacial score (nSPS) is 19.7. The Morgan fingerprint density at radius 3 is 0.679 bits per heavy atom. The average molecular weight is 1150 g/mol. The van der Waals surface area contributed by atoms with E-state index in [2.05, 4.69) is 91.0 Å². The van der Waals surface area contributed by atoms with E-state index in [-0.39, 0.29) is 10.9 Å². The number of aliphatic carboxylic acids is 4. The first kappa shape index (κ1) is 56.5. The Hall–Kier alpha value is -9.36. The number of benzene rings is 10. The molecule has 0 amide bonds. The van der Waals surface area contributed by atoms with Gasteiger partial charge in [-0.25, -0.2) is 8.78 Å². The van der Waals surface area contributed by atoms with Gasteiger partial charge in [0, 0.05) is 65.6 Å². The lowest BCUT2D eigenvalue weighted by Crippen LogP contribution is -2.51. The smallest absolute Gasteiger partial charge is 0.308 e. The van der Waals surface area contributed by atoms with Crippen molar-refractivity contribution in [2.75, 3.05) is 0 Å². The van der Waals surface area contributed by atoms with Crippen LogP contribution in [-0.2, 0) is 41.0 Å². The van der Waals surface area contributed by atoms with Crippen LogP contribution in [0.1, 0.15) is 68.2 Å². The summed E-state index contributed by atoms with van der Waals surface area (Å²) in [5, 5.41) is 42.7. The molecule has 2 N–H and O–H groups in total. The van der Waals surface area contributed by atoms with Gasteiger partial charge in [-0.15, -0.1) is 0 Å². The van der Waals surface area contributed by atoms with E-state index in [1.807, 2.05) is 158 Å². The van der Waals surface area contributed by atoms with Gasteiger partial charge < -0.3 is 30.0 Å². The van der Waals surface area contributed by atoms with Gasteiger partial charge in [0.25, 0.3) is 0 Å². The van der Waals surface area contributed by atoms with Crippen molar-refractivity contribution >= 4 is 45.7 Å². The Bertz CT molecular complexity index is 3470. The van der Waals surface area contributed by atoms with Gasteiger partial charge in [0.05, 0.1) is 33.6 Å². The first-order chi connectivity index (χ1) is 40.9. The number of hydrogen-bond donors (Lipinski definition) is 2. The van der Waals surface area contributed by atoms with E-state index in [4.69, 9.17) is 0 Å². The maximum Gasteiger partial charge on any atom is 0.308 e. The molecule has 84 heavy (non-hydrogen) atoms. The van der Waals surface area contributed by atoms with Crippen LogP contribution in [0.3, 0.4) is 0 Å². The van der Waals surface area contributed by atoms with Crippen molar-refractivity contribution in [1.29, 1.82) is 0 Å². The van der Waals surface area contributed by atoms with Crippen LogP contribution in [0.2, 0.25) is 0 Å². The molecule has 0 saturated carbocycles. The molecule has 10 aromatic carbocycles. The zero-order chi connectivity index (χ0) is 58.4. The predicted octanol–water partition coefficient (Wildman–Crippen LogP) is 12.5. The summed E-state index contributed by atoms with van der Waals surface area (Å²) in [4.78, 5) is 53.8. The summed E-state index contributed by atoms with van der Waals surface area (Å²) in [5.74, 6) is -11.6. The number of carboxylic acids is 4. The van der Waals surface area contributed by atoms with Gasteiger partial charge >= 0.3 is 11.9 Å². The van der Waals surface area contributed by atoms with Gasteiger partial charge in [-0.05, 0) is 105 Å². The third kappa shape index (κ3) is 11.2. The molecule has 8 nitrogen and oxygen atoms in total. The Balaban J connectivity index is 0.000000117. The Labute approximate surface area is 491 Å². The molecule has 0 aliphatic heterocycles. The molecule has 16 rings (SSSR count). The van der Waals surface area contributed by atoms with Crippen molar-refractivity contribution in [3.8, 4) is 0 Å². The molecular weight excluding hydrogens is 1090 g/mol. The summed E-state index contributed by atoms with van der Waals surface area (Å²) in [5.41, 5.74) is 7.37. The number of fused-ring (bicyclic) bond motifs is 2. The fourth-order valence-corrected chi connectivity index (χ4v) is 17.0. The zero-order valence-electron chi connectivity index (χ0n) is 44.9. The van der Waals surface area contributed by atoms with E-state index in [0.29, 0.717) is 4.90 Å². The van der Waals surface area contributed by atoms with Crippen LogP contribution < -0.4 is 10.2 Å². The minimum Gasteiger partial charge on any atom is -0.550 e. The van der Waals surface area contributed by atoms with Crippen molar-refractivity contribution in [3.63, 3.8) is 0 Å². The summed E-state index contributed by atoms with van der Waals surface area (Å²) < 4.78 is 27.2. The molecular formula is C72H54F2O8S2. The SMILES string of the molecule is Fc1cc(F)cc([S+](c2ccccc2)c2ccccc2)c1.O=C([O-])C1C2c3ccccc3C(c3ccccc32)C1C(=O)O.O=C([O-])C1C2c3ccccc3C(c3ccccc32)C1C(=O)O.c1ccc([S+](c2ccccc2)c2ccccc2)cc1. The summed E-state index contributed by atoms with van der Waals surface area (Å²) >= 11 is 0. The van der Waals surface area contributed by atoms with Gasteiger partial charge in [0.1, 0.15) is 11.6 Å². The number of hydrogen-bond acceptors (Lipinski definition) is 6. The van der Waals surface area contributed by atoms with E-state index in [9.17, 15) is 48.4 Å². The number of carboxylic acid groups (broad SMARTS) is 4. The van der Waals surface area contributed by atoms with Gasteiger partial charge in [0.2, 0.25) is 0 Å². The molecule has 0 heterocycles. The van der Waals surface area contributed by atoms with Gasteiger partial charge in [0.15, 0.2) is 29.4 Å². The van der Waals surface area contributed by atoms with Gasteiger partial charge in [-0.1, -0.05) is 188 Å². The Morgan fingerprint density at radius 1 is 0.286 bits per heavy atom. The fourth-order valence-electron chi connectivity index (χ4n) is 12.8. The lowest BCUT2D eigenvalue weighted by atomic mass is 9.54. The quantitative estimate of drug-likeness (QED) is 0.128. The molecule has 0 aromatic heterocycles. The summed E-state index contributed by atoms with van der Waals surface area (Å²) in [6.45, 7) is 0. The van der Waals surface area contributed by atoms with Crippen LogP contribution in [0.5, 0.6) is 0 Å². The minimum atomic E-state index is -1.29. The molecule has 10 aromatic rings. The maximum atomic E-state index is 13.6. The molecule has 0 fully saturated rings. The van der Waals surface area contributed by atoms with Crippen LogP contribution in [0, 0.1) is 35.3 Å². The Kier molecular flexibility index (Phi) is 16.8. The molecule has 4 unspecified atom stereocenters. The third-order valence-corrected chi connectivity index (χ3v) is 20.4. The summed E-state index contributed by atoms with van der Waals surface area (Å²) in [6.07, 6.45) is 0. The highest BCUT2D eigenvalue weighted by atomic mass is 32.2. The lowest BCUT2D eigenvalue weighted by molar-refractivity contribution is -0.315. The standard InChI is InChI=1S/C18H13F2S.2C18H14O4.C18H15S/c19-14-11-15(20)13-18(12-14)21(16-7-3-1-4-8-16)17-9-5-2-6-10-17;2*19-17(20)15-13-9-5-1-2-6-10(9)14(16(15)18(21)22)12-8-4-3-7-11(12)13;1-4-10-16(11-5-1)19(17-12-6-2-7-13-17)18-14-8-3-9-15-18/h1-13H;2*1-8,13-16H,(H,19,20)(H,21,22);1-15H/q+1;;;+1/p-2. The highest BCUT2D eigenvalue weighted by Crippen LogP contribution is 2.59. The van der Waals surface area contributed by atoms with E-state index in [1.165, 1.54) is 26.8 Å². The number of carbonyl (C=O) groups excluding carboxylic acids is 2. The highest BCUT2D eigenvalue weighted by molar-refractivity contribution is 7.97. The first-order valence-electron chi connectivity index (χ1n) is 27.3. The van der Waals surface area contributed by atoms with Gasteiger partial charge in [-0.3, -0.25) is 9.59 Å². The molecule has 0 radical (unpaired) electrons. The van der Waals surface area contributed by atoms with E-state index >= 15 is 0 Å². The molecule has 4 bridgehead atoms. The van der Waals surface area contributed by atoms with E-state index in [0.717, 1.165) is 60.4 Å². The third-order valence-electron chi connectivity index (χ3n) is 16.0. The average Bonchev–Trinajstić information content (AvgIpc) is 0.939. The van der Waals surface area contributed by atoms with Crippen LogP contribution in [0.25, 0.3) is 0 Å². The van der Waals surface area contributed by atoms with Crippen molar-refractivity contribution < 1.29 is 48.4 Å². The number of rotatable bonds is 10. The van der Waals surface area contributed by atoms with E-state index < -0.39 is 93.7 Å². The lowest BCUT2D eigenvalue weighted by Gasteiger charge is -2.49. The molecule has 416 valence electrons. The van der Waals surface area contributed by atoms with Crippen molar-refractivity contribution in [3.05, 3.63) is 323 Å². The topological polar surface area (TPSA) is 155 Å². The molecule has 6 aliphatic carbocycles. The maximum absolute atomic E-state index is 13.6. The predicted molar refractivity (Wildman–Crippen MR) is 315 cm³/mol. The van der Waals surface area contributed by atoms with E-state index in [1.54, 1.807) is 0 Å². The van der Waals surface area contributed by atoms with Crippen LogP contribution in [0.15, 0.2) is 296 Å². The van der Waals surface area contributed by atoms with Crippen LogP contribution >= 0.6 is 0 Å². The second-order valence-corrected chi connectivity index (χ2v) is 24.7. The monoisotopic (exact) mass is 1150 g/mol. The molecule has 12 heteroatoms. The molecule has 6 aliphatic rings. The highest BCUT2D eigenvalue weighted by Gasteiger charge is 2.54. The molecule has 0 saturated heterocycles.